The van der Waals surface area contributed by atoms with Crippen molar-refractivity contribution in [3.05, 3.63) is 35.6 Å². The zero-order valence-electron chi connectivity index (χ0n) is 9.99. The molecule has 0 saturated carbocycles. The fraction of sp³-hybridized carbons (Fsp3) is 0.385. The molecule has 1 aromatic rings. The van der Waals surface area contributed by atoms with Crippen LogP contribution in [0.25, 0.3) is 0 Å². The molecule has 0 aliphatic carbocycles. The molecule has 4 nitrogen and oxygen atoms in total. The number of hydrogen-bond acceptors (Lipinski definition) is 3. The van der Waals surface area contributed by atoms with Crippen molar-refractivity contribution < 1.29 is 14.0 Å². The van der Waals surface area contributed by atoms with Crippen LogP contribution in [0.1, 0.15) is 16.8 Å². The van der Waals surface area contributed by atoms with Gasteiger partial charge in [0.1, 0.15) is 5.82 Å². The summed E-state index contributed by atoms with van der Waals surface area (Å²) in [5.74, 6) is -0.382. The van der Waals surface area contributed by atoms with Gasteiger partial charge in [-0.3, -0.25) is 14.5 Å². The van der Waals surface area contributed by atoms with Gasteiger partial charge >= 0.3 is 0 Å². The number of rotatable bonds is 3. The Morgan fingerprint density at radius 1 is 1.28 bits per heavy atom. The first-order valence-electron chi connectivity index (χ1n) is 5.93. The monoisotopic (exact) mass is 250 g/mol. The van der Waals surface area contributed by atoms with Gasteiger partial charge in [0, 0.05) is 31.6 Å². The van der Waals surface area contributed by atoms with Crippen molar-refractivity contribution in [2.75, 3.05) is 26.2 Å². The molecule has 1 heterocycles. The van der Waals surface area contributed by atoms with Crippen LogP contribution in [0.5, 0.6) is 0 Å². The average Bonchev–Trinajstić information content (AvgIpc) is 2.55. The summed E-state index contributed by atoms with van der Waals surface area (Å²) in [5, 5.41) is 2.75. The normalized spacial score (nSPS) is 17.1. The Morgan fingerprint density at radius 2 is 2.00 bits per heavy atom. The van der Waals surface area contributed by atoms with Crippen LogP contribution in [0.2, 0.25) is 0 Å². The maximum atomic E-state index is 12.7. The Morgan fingerprint density at radius 3 is 2.72 bits per heavy atom. The van der Waals surface area contributed by atoms with Crippen molar-refractivity contribution in [2.45, 2.75) is 6.42 Å². The van der Waals surface area contributed by atoms with Crippen molar-refractivity contribution in [1.82, 2.24) is 10.2 Å². The largest absolute Gasteiger partial charge is 0.355 e. The van der Waals surface area contributed by atoms with Crippen molar-refractivity contribution in [3.63, 3.8) is 0 Å². The van der Waals surface area contributed by atoms with Crippen molar-refractivity contribution >= 4 is 11.7 Å². The lowest BCUT2D eigenvalue weighted by Gasteiger charge is -2.17. The second kappa shape index (κ2) is 5.73. The number of benzene rings is 1. The van der Waals surface area contributed by atoms with E-state index in [-0.39, 0.29) is 24.1 Å². The molecule has 0 aromatic heterocycles. The van der Waals surface area contributed by atoms with Gasteiger partial charge < -0.3 is 5.32 Å². The highest BCUT2D eigenvalue weighted by atomic mass is 19.1. The summed E-state index contributed by atoms with van der Waals surface area (Å²) in [7, 11) is 0. The van der Waals surface area contributed by atoms with Gasteiger partial charge in [-0.05, 0) is 24.3 Å². The molecule has 5 heteroatoms. The average molecular weight is 250 g/mol. The maximum absolute atomic E-state index is 12.7. The van der Waals surface area contributed by atoms with E-state index in [2.05, 4.69) is 5.32 Å². The summed E-state index contributed by atoms with van der Waals surface area (Å²) in [5.41, 5.74) is 0.500. The van der Waals surface area contributed by atoms with Gasteiger partial charge in [-0.1, -0.05) is 0 Å². The lowest BCUT2D eigenvalue weighted by atomic mass is 10.1. The molecule has 0 bridgehead atoms. The van der Waals surface area contributed by atoms with E-state index in [0.717, 1.165) is 0 Å². The third-order valence-corrected chi connectivity index (χ3v) is 2.94. The lowest BCUT2D eigenvalue weighted by molar-refractivity contribution is -0.120. The highest BCUT2D eigenvalue weighted by Gasteiger charge is 2.16. The smallest absolute Gasteiger partial charge is 0.221 e. The Hall–Kier alpha value is -1.75. The third kappa shape index (κ3) is 3.37. The Bertz CT molecular complexity index is 445. The van der Waals surface area contributed by atoms with Gasteiger partial charge in [0.05, 0.1) is 6.54 Å². The van der Waals surface area contributed by atoms with Crippen LogP contribution in [0.3, 0.4) is 0 Å². The molecule has 0 unspecified atom stereocenters. The zero-order valence-corrected chi connectivity index (χ0v) is 9.99. The van der Waals surface area contributed by atoms with Gasteiger partial charge in [-0.2, -0.15) is 0 Å². The highest BCUT2D eigenvalue weighted by Crippen LogP contribution is 2.06. The molecule has 1 aliphatic rings. The predicted octanol–water partition coefficient (Wildman–Crippen LogP) is 0.830. The number of nitrogens with zero attached hydrogens (tertiary/aromatic N) is 1. The van der Waals surface area contributed by atoms with Crippen LogP contribution in [0.4, 0.5) is 4.39 Å². The zero-order chi connectivity index (χ0) is 13.0. The first kappa shape index (κ1) is 12.7. The van der Waals surface area contributed by atoms with E-state index in [1.54, 1.807) is 0 Å². The summed E-state index contributed by atoms with van der Waals surface area (Å²) >= 11 is 0. The van der Waals surface area contributed by atoms with Crippen molar-refractivity contribution in [3.8, 4) is 0 Å². The standard InChI is InChI=1S/C13H15FN2O2/c14-11-3-1-10(2-4-11)12(17)9-16-7-5-13(18)15-6-8-16/h1-4H,5-9H2,(H,15,18). The number of carbonyl (C=O) groups excluding carboxylic acids is 2. The van der Waals surface area contributed by atoms with Gasteiger partial charge in [0.15, 0.2) is 5.78 Å². The molecule has 0 atom stereocenters. The quantitative estimate of drug-likeness (QED) is 0.808. The number of nitrogens with one attached hydrogen (secondary N) is 1. The maximum Gasteiger partial charge on any atom is 0.221 e. The summed E-state index contributed by atoms with van der Waals surface area (Å²) in [6.45, 7) is 2.08. The second-order valence-electron chi connectivity index (χ2n) is 4.31. The number of halogens is 1. The third-order valence-electron chi connectivity index (χ3n) is 2.94. The summed E-state index contributed by atoms with van der Waals surface area (Å²) in [6, 6.07) is 5.53. The molecule has 0 radical (unpaired) electrons. The molecule has 0 spiro atoms. The minimum absolute atomic E-state index is 0.0201. The van der Waals surface area contributed by atoms with E-state index in [1.807, 2.05) is 4.90 Å². The predicted molar refractivity (Wildman–Crippen MR) is 64.8 cm³/mol. The summed E-state index contributed by atoms with van der Waals surface area (Å²) < 4.78 is 12.7. The molecule has 1 aliphatic heterocycles. The molecule has 96 valence electrons. The van der Waals surface area contributed by atoms with Crippen LogP contribution < -0.4 is 5.32 Å². The number of carbonyl (C=O) groups is 2. The van der Waals surface area contributed by atoms with Crippen LogP contribution in [0.15, 0.2) is 24.3 Å². The van der Waals surface area contributed by atoms with Crippen LogP contribution in [0, 0.1) is 5.82 Å². The first-order chi connectivity index (χ1) is 8.65. The molecule has 2 rings (SSSR count). The Labute approximate surface area is 105 Å². The molecule has 1 amide bonds. The van der Waals surface area contributed by atoms with E-state index in [0.29, 0.717) is 31.6 Å². The Balaban J connectivity index is 1.94. The number of hydrogen-bond donors (Lipinski definition) is 1. The number of amides is 1. The molecule has 1 N–H and O–H groups in total. The fourth-order valence-corrected chi connectivity index (χ4v) is 1.90. The highest BCUT2D eigenvalue weighted by molar-refractivity contribution is 5.97. The van der Waals surface area contributed by atoms with E-state index >= 15 is 0 Å². The van der Waals surface area contributed by atoms with Gasteiger partial charge in [0.2, 0.25) is 5.91 Å². The van der Waals surface area contributed by atoms with Crippen LogP contribution >= 0.6 is 0 Å². The second-order valence-corrected chi connectivity index (χ2v) is 4.31. The van der Waals surface area contributed by atoms with Crippen molar-refractivity contribution in [1.29, 1.82) is 0 Å². The van der Waals surface area contributed by atoms with E-state index in [1.165, 1.54) is 24.3 Å². The van der Waals surface area contributed by atoms with Crippen LogP contribution in [-0.2, 0) is 4.79 Å². The molecular formula is C13H15FN2O2. The van der Waals surface area contributed by atoms with E-state index in [4.69, 9.17) is 0 Å². The Kier molecular flexibility index (Phi) is 4.04. The summed E-state index contributed by atoms with van der Waals surface area (Å²) in [4.78, 5) is 25.0. The topological polar surface area (TPSA) is 49.4 Å². The number of ketones is 1. The minimum atomic E-state index is -0.351. The molecule has 1 saturated heterocycles. The molecule has 1 fully saturated rings. The van der Waals surface area contributed by atoms with Crippen molar-refractivity contribution in [2.24, 2.45) is 0 Å². The number of Topliss-reactive ketones (excluding diaryl/α,β-unsaturated/α-hetero) is 1. The summed E-state index contributed by atoms with van der Waals surface area (Å²) in [6.07, 6.45) is 0.413. The minimum Gasteiger partial charge on any atom is -0.355 e. The SMILES string of the molecule is O=C1CCN(CC(=O)c2ccc(F)cc2)CCN1. The fourth-order valence-electron chi connectivity index (χ4n) is 1.90. The molecular weight excluding hydrogens is 235 g/mol. The lowest BCUT2D eigenvalue weighted by Crippen LogP contribution is -2.33. The molecule has 18 heavy (non-hydrogen) atoms. The van der Waals surface area contributed by atoms with E-state index in [9.17, 15) is 14.0 Å². The van der Waals surface area contributed by atoms with Crippen LogP contribution in [-0.4, -0.2) is 42.8 Å². The van der Waals surface area contributed by atoms with Gasteiger partial charge in [-0.15, -0.1) is 0 Å². The van der Waals surface area contributed by atoms with Gasteiger partial charge in [0.25, 0.3) is 0 Å². The van der Waals surface area contributed by atoms with Gasteiger partial charge in [-0.25, -0.2) is 4.39 Å². The van der Waals surface area contributed by atoms with E-state index < -0.39 is 0 Å². The first-order valence-corrected chi connectivity index (χ1v) is 5.93. The molecule has 1 aromatic carbocycles.